The summed E-state index contributed by atoms with van der Waals surface area (Å²) in [6.07, 6.45) is 1.41. The number of phenols is 1. The van der Waals surface area contributed by atoms with Crippen molar-refractivity contribution in [2.24, 2.45) is 0 Å². The highest BCUT2D eigenvalue weighted by Gasteiger charge is 2.13. The van der Waals surface area contributed by atoms with Gasteiger partial charge in [-0.15, -0.1) is 5.10 Å². The van der Waals surface area contributed by atoms with Crippen molar-refractivity contribution < 1.29 is 14.3 Å². The molecule has 1 aromatic heterocycles. The molecule has 6 nitrogen and oxygen atoms in total. The number of aromatic nitrogens is 3. The molecule has 0 aliphatic carbocycles. The quantitative estimate of drug-likeness (QED) is 0.775. The van der Waals surface area contributed by atoms with Crippen molar-refractivity contribution in [1.82, 2.24) is 15.0 Å². The third kappa shape index (κ3) is 3.10. The highest BCUT2D eigenvalue weighted by Crippen LogP contribution is 2.20. The van der Waals surface area contributed by atoms with E-state index in [4.69, 9.17) is 0 Å². The lowest BCUT2D eigenvalue weighted by molar-refractivity contribution is 0.102. The predicted octanol–water partition coefficient (Wildman–Crippen LogP) is 2.98. The number of aryl methyl sites for hydroxylation is 2. The van der Waals surface area contributed by atoms with Crippen LogP contribution in [0, 0.1) is 19.7 Å². The van der Waals surface area contributed by atoms with E-state index in [0.717, 1.165) is 17.2 Å². The van der Waals surface area contributed by atoms with Crippen molar-refractivity contribution in [2.45, 2.75) is 13.8 Å². The van der Waals surface area contributed by atoms with Gasteiger partial charge in [-0.25, -0.2) is 9.07 Å². The minimum Gasteiger partial charge on any atom is -0.505 e. The van der Waals surface area contributed by atoms with Gasteiger partial charge in [-0.2, -0.15) is 0 Å². The van der Waals surface area contributed by atoms with Gasteiger partial charge in [0.1, 0.15) is 0 Å². The Kier molecular flexibility index (Phi) is 3.99. The molecule has 0 spiro atoms. The number of rotatable bonds is 3. The fourth-order valence-electron chi connectivity index (χ4n) is 2.19. The number of amides is 1. The van der Waals surface area contributed by atoms with Crippen LogP contribution in [0.15, 0.2) is 42.6 Å². The molecule has 0 bridgehead atoms. The van der Waals surface area contributed by atoms with Crippen molar-refractivity contribution in [3.05, 3.63) is 65.2 Å². The first kappa shape index (κ1) is 15.7. The van der Waals surface area contributed by atoms with Gasteiger partial charge in [0.05, 0.1) is 11.9 Å². The maximum Gasteiger partial charge on any atom is 0.277 e. The molecular formula is C17H15FN4O2. The van der Waals surface area contributed by atoms with E-state index in [9.17, 15) is 14.3 Å². The number of anilines is 1. The Balaban J connectivity index is 1.83. The summed E-state index contributed by atoms with van der Waals surface area (Å²) in [4.78, 5) is 12.3. The lowest BCUT2D eigenvalue weighted by Crippen LogP contribution is -2.13. The van der Waals surface area contributed by atoms with Gasteiger partial charge in [0.25, 0.3) is 5.91 Å². The van der Waals surface area contributed by atoms with Gasteiger partial charge in [0, 0.05) is 11.8 Å². The molecule has 0 aliphatic rings. The van der Waals surface area contributed by atoms with Crippen molar-refractivity contribution in [1.29, 1.82) is 0 Å². The second kappa shape index (κ2) is 6.11. The Morgan fingerprint density at radius 3 is 2.75 bits per heavy atom. The lowest BCUT2D eigenvalue weighted by atomic mass is 10.1. The Bertz CT molecular complexity index is 921. The molecule has 0 saturated carbocycles. The average molecular weight is 326 g/mol. The fraction of sp³-hybridized carbons (Fsp3) is 0.118. The maximum atomic E-state index is 13.1. The van der Waals surface area contributed by atoms with Crippen LogP contribution in [0.2, 0.25) is 0 Å². The number of aromatic hydroxyl groups is 1. The van der Waals surface area contributed by atoms with Gasteiger partial charge in [0.15, 0.2) is 17.3 Å². The zero-order valence-corrected chi connectivity index (χ0v) is 13.1. The molecule has 24 heavy (non-hydrogen) atoms. The molecular weight excluding hydrogens is 311 g/mol. The normalized spacial score (nSPS) is 10.6. The van der Waals surface area contributed by atoms with E-state index in [1.54, 1.807) is 0 Å². The lowest BCUT2D eigenvalue weighted by Gasteiger charge is -2.07. The molecule has 1 amide bonds. The maximum absolute atomic E-state index is 13.1. The van der Waals surface area contributed by atoms with Gasteiger partial charge >= 0.3 is 0 Å². The first-order valence-electron chi connectivity index (χ1n) is 7.24. The van der Waals surface area contributed by atoms with E-state index < -0.39 is 17.5 Å². The second-order valence-electron chi connectivity index (χ2n) is 5.46. The second-order valence-corrected chi connectivity index (χ2v) is 5.46. The van der Waals surface area contributed by atoms with Gasteiger partial charge in [-0.3, -0.25) is 4.79 Å². The highest BCUT2D eigenvalue weighted by molar-refractivity contribution is 6.03. The van der Waals surface area contributed by atoms with E-state index in [1.807, 2.05) is 32.0 Å². The Labute approximate surface area is 137 Å². The Morgan fingerprint density at radius 1 is 1.21 bits per heavy atom. The number of nitrogens with zero attached hydrogens (tertiary/aromatic N) is 3. The van der Waals surface area contributed by atoms with Crippen molar-refractivity contribution in [3.63, 3.8) is 0 Å². The van der Waals surface area contributed by atoms with Gasteiger partial charge < -0.3 is 10.4 Å². The monoisotopic (exact) mass is 326 g/mol. The summed E-state index contributed by atoms with van der Waals surface area (Å²) < 4.78 is 14.4. The van der Waals surface area contributed by atoms with Crippen LogP contribution in [0.1, 0.15) is 21.6 Å². The standard InChI is InChI=1S/C17H15FN4O2/c1-10-3-4-11(2)14(7-10)19-17(24)15-9-22(21-20-15)12-5-6-13(18)16(23)8-12/h3-9,23H,1-2H3,(H,19,24). The van der Waals surface area contributed by atoms with Gasteiger partial charge in [-0.05, 0) is 43.2 Å². The van der Waals surface area contributed by atoms with Crippen LogP contribution in [-0.4, -0.2) is 26.0 Å². The summed E-state index contributed by atoms with van der Waals surface area (Å²) in [5.74, 6) is -1.63. The SMILES string of the molecule is Cc1ccc(C)c(NC(=O)c2cn(-c3ccc(F)c(O)c3)nn2)c1. The van der Waals surface area contributed by atoms with Crippen LogP contribution in [0.5, 0.6) is 5.75 Å². The fourth-order valence-corrected chi connectivity index (χ4v) is 2.19. The van der Waals surface area contributed by atoms with Crippen LogP contribution in [-0.2, 0) is 0 Å². The summed E-state index contributed by atoms with van der Waals surface area (Å²) in [5, 5.41) is 19.9. The molecule has 0 saturated heterocycles. The molecule has 3 aromatic rings. The Hall–Kier alpha value is -3.22. The van der Waals surface area contributed by atoms with E-state index in [0.29, 0.717) is 11.4 Å². The minimum atomic E-state index is -0.730. The molecule has 0 aliphatic heterocycles. The third-order valence-corrected chi connectivity index (χ3v) is 3.56. The smallest absolute Gasteiger partial charge is 0.277 e. The number of carbonyl (C=O) groups excluding carboxylic acids is 1. The van der Waals surface area contributed by atoms with Crippen molar-refractivity contribution in [2.75, 3.05) is 5.32 Å². The number of carbonyl (C=O) groups is 1. The van der Waals surface area contributed by atoms with Crippen LogP contribution in [0.25, 0.3) is 5.69 Å². The number of hydrogen-bond acceptors (Lipinski definition) is 4. The molecule has 0 fully saturated rings. The minimum absolute atomic E-state index is 0.111. The molecule has 0 radical (unpaired) electrons. The highest BCUT2D eigenvalue weighted by atomic mass is 19.1. The topological polar surface area (TPSA) is 80.0 Å². The van der Waals surface area contributed by atoms with Crippen molar-refractivity contribution >= 4 is 11.6 Å². The summed E-state index contributed by atoms with van der Waals surface area (Å²) in [5.41, 5.74) is 3.17. The molecule has 2 N–H and O–H groups in total. The molecule has 0 atom stereocenters. The van der Waals surface area contributed by atoms with Crippen LogP contribution < -0.4 is 5.32 Å². The molecule has 7 heteroatoms. The third-order valence-electron chi connectivity index (χ3n) is 3.56. The van der Waals surface area contributed by atoms with E-state index in [2.05, 4.69) is 15.6 Å². The molecule has 2 aromatic carbocycles. The number of nitrogens with one attached hydrogen (secondary N) is 1. The number of phenolic OH excluding ortho intramolecular Hbond substituents is 1. The first-order valence-corrected chi connectivity index (χ1v) is 7.24. The molecule has 3 rings (SSSR count). The van der Waals surface area contributed by atoms with Crippen molar-refractivity contribution in [3.8, 4) is 11.4 Å². The Morgan fingerprint density at radius 2 is 2.00 bits per heavy atom. The van der Waals surface area contributed by atoms with E-state index in [-0.39, 0.29) is 5.69 Å². The van der Waals surface area contributed by atoms with E-state index >= 15 is 0 Å². The zero-order chi connectivity index (χ0) is 17.3. The number of hydrogen-bond donors (Lipinski definition) is 2. The number of halogens is 1. The molecule has 0 unspecified atom stereocenters. The summed E-state index contributed by atoms with van der Waals surface area (Å²) in [6, 6.07) is 9.50. The summed E-state index contributed by atoms with van der Waals surface area (Å²) in [7, 11) is 0. The van der Waals surface area contributed by atoms with Crippen LogP contribution >= 0.6 is 0 Å². The zero-order valence-electron chi connectivity index (χ0n) is 13.1. The van der Waals surface area contributed by atoms with Crippen LogP contribution in [0.4, 0.5) is 10.1 Å². The molecule has 1 heterocycles. The summed E-state index contributed by atoms with van der Waals surface area (Å²) >= 11 is 0. The molecule has 122 valence electrons. The van der Waals surface area contributed by atoms with E-state index in [1.165, 1.54) is 23.0 Å². The van der Waals surface area contributed by atoms with Crippen LogP contribution in [0.3, 0.4) is 0 Å². The van der Waals surface area contributed by atoms with Gasteiger partial charge in [0.2, 0.25) is 0 Å². The average Bonchev–Trinajstić information content (AvgIpc) is 3.03. The summed E-state index contributed by atoms with van der Waals surface area (Å²) in [6.45, 7) is 3.83. The first-order chi connectivity index (χ1) is 11.4. The predicted molar refractivity (Wildman–Crippen MR) is 86.9 cm³/mol. The largest absolute Gasteiger partial charge is 0.505 e. The van der Waals surface area contributed by atoms with Gasteiger partial charge in [-0.1, -0.05) is 17.3 Å². The number of benzene rings is 2.